The van der Waals surface area contributed by atoms with Gasteiger partial charge >= 0.3 is 6.18 Å². The van der Waals surface area contributed by atoms with Gasteiger partial charge in [-0.1, -0.05) is 19.6 Å². The Kier molecular flexibility index (Phi) is 5.53. The van der Waals surface area contributed by atoms with Crippen LogP contribution >= 0.6 is 0 Å². The van der Waals surface area contributed by atoms with Gasteiger partial charge in [0.2, 0.25) is 0 Å². The third kappa shape index (κ3) is 3.85. The molecule has 0 spiro atoms. The molecule has 2 N–H and O–H groups in total. The average Bonchev–Trinajstić information content (AvgIpc) is 2.61. The summed E-state index contributed by atoms with van der Waals surface area (Å²) in [5, 5.41) is 23.5. The van der Waals surface area contributed by atoms with Crippen LogP contribution in [0, 0.1) is 10.1 Å². The van der Waals surface area contributed by atoms with Gasteiger partial charge < -0.3 is 10.4 Å². The van der Waals surface area contributed by atoms with Gasteiger partial charge in [-0.05, 0) is 18.2 Å². The Bertz CT molecular complexity index is 1070. The Morgan fingerprint density at radius 1 is 1.18 bits per heavy atom. The van der Waals surface area contributed by atoms with E-state index in [1.165, 1.54) is 18.3 Å². The number of nitro benzene ring substituents is 1. The van der Waals surface area contributed by atoms with Crippen molar-refractivity contribution in [3.63, 3.8) is 0 Å². The van der Waals surface area contributed by atoms with Gasteiger partial charge in [0.05, 0.1) is 21.7 Å². The maximum Gasteiger partial charge on any atom is 0.418 e. The monoisotopic (exact) mass is 393 g/mol. The fourth-order valence-electron chi connectivity index (χ4n) is 2.49. The molecule has 146 valence electrons. The van der Waals surface area contributed by atoms with E-state index in [0.29, 0.717) is 11.5 Å². The number of amides is 1. The van der Waals surface area contributed by atoms with E-state index in [4.69, 9.17) is 0 Å². The summed E-state index contributed by atoms with van der Waals surface area (Å²) < 4.78 is 39.6. The van der Waals surface area contributed by atoms with Crippen LogP contribution in [-0.2, 0) is 6.18 Å². The first-order valence-electron chi connectivity index (χ1n) is 7.42. The van der Waals surface area contributed by atoms with Crippen LogP contribution in [0.3, 0.4) is 0 Å². The van der Waals surface area contributed by atoms with Crippen LogP contribution in [-0.4, -0.2) is 20.9 Å². The highest BCUT2D eigenvalue weighted by Gasteiger charge is 2.36. The predicted molar refractivity (Wildman–Crippen MR) is 96.2 cm³/mol. The smallest absolute Gasteiger partial charge is 0.418 e. The van der Waals surface area contributed by atoms with Crippen molar-refractivity contribution in [2.75, 3.05) is 5.32 Å². The number of halogens is 3. The molecule has 2 aromatic carbocycles. The standard InChI is InChI=1S/C17H10F3N3O4.CH4/c18-17(19,20)12-8-10(23(26)27)4-6-13(12)22-16(25)11-5-3-9-2-1-7-21-14(9)15(11)24;/h1-8,24H,(H,22,25);1H4. The van der Waals surface area contributed by atoms with Crippen molar-refractivity contribution in [1.29, 1.82) is 0 Å². The highest BCUT2D eigenvalue weighted by atomic mass is 19.4. The predicted octanol–water partition coefficient (Wildman–Crippen LogP) is 4.76. The minimum absolute atomic E-state index is 0. The Morgan fingerprint density at radius 2 is 1.89 bits per heavy atom. The summed E-state index contributed by atoms with van der Waals surface area (Å²) in [5.74, 6) is -1.50. The van der Waals surface area contributed by atoms with Gasteiger partial charge in [0.15, 0.2) is 5.75 Å². The number of non-ortho nitro benzene ring substituents is 1. The molecule has 28 heavy (non-hydrogen) atoms. The minimum atomic E-state index is -4.93. The van der Waals surface area contributed by atoms with Gasteiger partial charge in [-0.15, -0.1) is 0 Å². The largest absolute Gasteiger partial charge is 0.505 e. The summed E-state index contributed by atoms with van der Waals surface area (Å²) in [5.41, 5.74) is -2.97. The number of hydrogen-bond acceptors (Lipinski definition) is 5. The molecule has 3 rings (SSSR count). The summed E-state index contributed by atoms with van der Waals surface area (Å²) in [4.78, 5) is 26.1. The van der Waals surface area contributed by atoms with Gasteiger partial charge in [0.25, 0.3) is 11.6 Å². The van der Waals surface area contributed by atoms with Gasteiger partial charge in [0, 0.05) is 23.7 Å². The lowest BCUT2D eigenvalue weighted by molar-refractivity contribution is -0.385. The van der Waals surface area contributed by atoms with E-state index in [9.17, 15) is 33.2 Å². The van der Waals surface area contributed by atoms with Crippen molar-refractivity contribution in [1.82, 2.24) is 4.98 Å². The molecule has 1 aromatic heterocycles. The Hall–Kier alpha value is -3.69. The van der Waals surface area contributed by atoms with Gasteiger partial charge in [-0.25, -0.2) is 0 Å². The van der Waals surface area contributed by atoms with Gasteiger partial charge in [-0.3, -0.25) is 19.9 Å². The number of nitro groups is 1. The number of phenols is 1. The van der Waals surface area contributed by atoms with E-state index in [0.717, 1.165) is 12.1 Å². The molecule has 0 aliphatic carbocycles. The molecule has 3 aromatic rings. The van der Waals surface area contributed by atoms with Crippen LogP contribution in [0.15, 0.2) is 48.7 Å². The number of carbonyl (C=O) groups excluding carboxylic acids is 1. The van der Waals surface area contributed by atoms with Crippen LogP contribution in [0.1, 0.15) is 23.3 Å². The van der Waals surface area contributed by atoms with E-state index < -0.39 is 39.7 Å². The third-order valence-electron chi connectivity index (χ3n) is 3.76. The molecule has 0 fully saturated rings. The minimum Gasteiger partial charge on any atom is -0.505 e. The zero-order valence-electron chi connectivity index (χ0n) is 13.3. The number of nitrogens with one attached hydrogen (secondary N) is 1. The number of benzene rings is 2. The van der Waals surface area contributed by atoms with Crippen LogP contribution in [0.5, 0.6) is 5.75 Å². The summed E-state index contributed by atoms with van der Waals surface area (Å²) in [6.45, 7) is 0. The molecule has 0 saturated carbocycles. The van der Waals surface area contributed by atoms with Crippen molar-refractivity contribution in [3.8, 4) is 5.75 Å². The van der Waals surface area contributed by atoms with E-state index in [-0.39, 0.29) is 18.5 Å². The van der Waals surface area contributed by atoms with Gasteiger partial charge in [-0.2, -0.15) is 13.2 Å². The Morgan fingerprint density at radius 3 is 2.54 bits per heavy atom. The molecule has 7 nitrogen and oxygen atoms in total. The molecule has 1 amide bonds. The topological polar surface area (TPSA) is 105 Å². The summed E-state index contributed by atoms with van der Waals surface area (Å²) in [7, 11) is 0. The van der Waals surface area contributed by atoms with E-state index in [2.05, 4.69) is 4.98 Å². The number of hydrogen-bond donors (Lipinski definition) is 2. The Labute approximate surface area is 156 Å². The van der Waals surface area contributed by atoms with Crippen LogP contribution in [0.4, 0.5) is 24.5 Å². The van der Waals surface area contributed by atoms with Crippen molar-refractivity contribution in [2.24, 2.45) is 0 Å². The van der Waals surface area contributed by atoms with Gasteiger partial charge in [0.1, 0.15) is 5.52 Å². The first-order chi connectivity index (χ1) is 12.7. The number of carbonyl (C=O) groups is 1. The number of nitrogens with zero attached hydrogens (tertiary/aromatic N) is 2. The zero-order valence-corrected chi connectivity index (χ0v) is 13.3. The molecule has 10 heteroatoms. The first kappa shape index (κ1) is 20.6. The molecule has 0 aliphatic rings. The molecule has 0 unspecified atom stereocenters. The molecule has 0 radical (unpaired) electrons. The fraction of sp³-hybridized carbons (Fsp3) is 0.111. The summed E-state index contributed by atoms with van der Waals surface area (Å²) in [6, 6.07) is 7.94. The molecule has 0 atom stereocenters. The number of anilines is 1. The zero-order chi connectivity index (χ0) is 19.8. The first-order valence-corrected chi connectivity index (χ1v) is 7.42. The third-order valence-corrected chi connectivity index (χ3v) is 3.76. The van der Waals surface area contributed by atoms with E-state index in [1.807, 2.05) is 5.32 Å². The molecular weight excluding hydrogens is 379 g/mol. The fourth-order valence-corrected chi connectivity index (χ4v) is 2.49. The second-order valence-electron chi connectivity index (χ2n) is 5.48. The molecule has 0 aliphatic heterocycles. The van der Waals surface area contributed by atoms with E-state index >= 15 is 0 Å². The molecule has 1 heterocycles. The van der Waals surface area contributed by atoms with E-state index in [1.54, 1.807) is 12.1 Å². The molecule has 0 saturated heterocycles. The average molecular weight is 393 g/mol. The number of phenolic OH excluding ortho intramolecular Hbond substituents is 1. The van der Waals surface area contributed by atoms with Crippen LogP contribution in [0.2, 0.25) is 0 Å². The number of alkyl halides is 3. The second-order valence-corrected chi connectivity index (χ2v) is 5.48. The number of aromatic hydroxyl groups is 1. The summed E-state index contributed by atoms with van der Waals surface area (Å²) in [6.07, 6.45) is -3.54. The highest BCUT2D eigenvalue weighted by Crippen LogP contribution is 2.37. The van der Waals surface area contributed by atoms with Crippen LogP contribution < -0.4 is 5.32 Å². The number of pyridine rings is 1. The molecule has 0 bridgehead atoms. The van der Waals surface area contributed by atoms with Crippen molar-refractivity contribution in [3.05, 3.63) is 69.9 Å². The Balaban J connectivity index is 0.00000280. The highest BCUT2D eigenvalue weighted by molar-refractivity contribution is 6.09. The normalized spacial score (nSPS) is 11.0. The maximum atomic E-state index is 13.2. The second kappa shape index (κ2) is 7.51. The number of aromatic nitrogens is 1. The lowest BCUT2D eigenvalue weighted by atomic mass is 10.1. The van der Waals surface area contributed by atoms with Crippen molar-refractivity contribution < 1.29 is 28.0 Å². The van der Waals surface area contributed by atoms with Crippen molar-refractivity contribution in [2.45, 2.75) is 13.6 Å². The molecular formula is C18H14F3N3O4. The lowest BCUT2D eigenvalue weighted by Crippen LogP contribution is -2.17. The SMILES string of the molecule is C.O=C(Nc1ccc([N+](=O)[O-])cc1C(F)(F)F)c1ccc2cccnc2c1O. The number of rotatable bonds is 3. The van der Waals surface area contributed by atoms with Crippen LogP contribution in [0.25, 0.3) is 10.9 Å². The summed E-state index contributed by atoms with van der Waals surface area (Å²) >= 11 is 0. The lowest BCUT2D eigenvalue weighted by Gasteiger charge is -2.14. The number of fused-ring (bicyclic) bond motifs is 1. The quantitative estimate of drug-likeness (QED) is 0.493. The van der Waals surface area contributed by atoms with Crippen molar-refractivity contribution >= 4 is 28.2 Å². The maximum absolute atomic E-state index is 13.2.